The van der Waals surface area contributed by atoms with Gasteiger partial charge in [-0.05, 0) is 68.7 Å². The van der Waals surface area contributed by atoms with E-state index in [0.717, 1.165) is 49.8 Å². The first-order valence-electron chi connectivity index (χ1n) is 14.4. The first kappa shape index (κ1) is 23.1. The van der Waals surface area contributed by atoms with Crippen LogP contribution < -0.4 is 4.90 Å². The molecule has 0 saturated carbocycles. The fourth-order valence-corrected chi connectivity index (χ4v) is 6.67. The molecule has 0 aliphatic heterocycles. The number of anilines is 3. The van der Waals surface area contributed by atoms with E-state index in [1.54, 1.807) is 0 Å². The maximum atomic E-state index is 6.61. The Kier molecular flexibility index (Phi) is 4.93. The molecule has 196 valence electrons. The van der Waals surface area contributed by atoms with Gasteiger partial charge in [0.05, 0.1) is 11.4 Å². The molecular weight excluding hydrogens is 510 g/mol. The molecule has 0 aliphatic rings. The zero-order valence-electron chi connectivity index (χ0n) is 22.8. The van der Waals surface area contributed by atoms with Gasteiger partial charge >= 0.3 is 0 Å². The van der Waals surface area contributed by atoms with Crippen molar-refractivity contribution in [2.45, 2.75) is 0 Å². The molecule has 0 fully saturated rings. The average molecular weight is 536 g/mol. The van der Waals surface area contributed by atoms with Crippen molar-refractivity contribution in [1.82, 2.24) is 0 Å². The van der Waals surface area contributed by atoms with Crippen LogP contribution in [0.3, 0.4) is 0 Å². The minimum Gasteiger partial charge on any atom is -0.455 e. The Bertz CT molecular complexity index is 2480. The quantitative estimate of drug-likeness (QED) is 0.209. The minimum absolute atomic E-state index is 0.907. The molecule has 0 aliphatic carbocycles. The summed E-state index contributed by atoms with van der Waals surface area (Å²) in [4.78, 5) is 2.41. The van der Waals surface area contributed by atoms with Crippen molar-refractivity contribution in [1.29, 1.82) is 0 Å². The van der Waals surface area contributed by atoms with Crippen LogP contribution in [0.15, 0.2) is 156 Å². The van der Waals surface area contributed by atoms with Crippen molar-refractivity contribution in [3.8, 4) is 0 Å². The van der Waals surface area contributed by atoms with Gasteiger partial charge in [-0.25, -0.2) is 0 Å². The molecule has 0 atom stereocenters. The average Bonchev–Trinajstić information content (AvgIpc) is 3.44. The second kappa shape index (κ2) is 8.95. The number of hydrogen-bond donors (Lipinski definition) is 0. The monoisotopic (exact) mass is 535 g/mol. The molecule has 2 heteroatoms. The number of furan rings is 1. The standard InChI is InChI=1S/C40H25NO/c1-3-13-31-27(10-1)19-20-29-25-30(22-24-32(29)31)41(36-16-7-11-26-9-2-4-14-33(26)36)37-17-8-12-28-21-23-35-34-15-5-6-18-38(34)42-40(35)39(28)37/h1-25H. The number of rotatable bonds is 3. The van der Waals surface area contributed by atoms with Crippen LogP contribution in [0.1, 0.15) is 0 Å². The minimum atomic E-state index is 0.907. The van der Waals surface area contributed by atoms with Gasteiger partial charge in [-0.3, -0.25) is 0 Å². The molecule has 0 spiro atoms. The topological polar surface area (TPSA) is 16.4 Å². The summed E-state index contributed by atoms with van der Waals surface area (Å²) in [5, 5.41) is 11.9. The van der Waals surface area contributed by atoms with Crippen LogP contribution in [0, 0.1) is 0 Å². The molecule has 0 unspecified atom stereocenters. The summed E-state index contributed by atoms with van der Waals surface area (Å²) in [6.45, 7) is 0. The molecule has 9 aromatic rings. The molecule has 8 aromatic carbocycles. The van der Waals surface area contributed by atoms with Crippen LogP contribution in [-0.4, -0.2) is 0 Å². The maximum Gasteiger partial charge on any atom is 0.145 e. The van der Waals surface area contributed by atoms with Crippen LogP contribution in [0.25, 0.3) is 65.0 Å². The Morgan fingerprint density at radius 1 is 0.381 bits per heavy atom. The van der Waals surface area contributed by atoms with Gasteiger partial charge in [0.2, 0.25) is 0 Å². The predicted octanol–water partition coefficient (Wildman–Crippen LogP) is 11.7. The molecule has 0 saturated heterocycles. The van der Waals surface area contributed by atoms with Gasteiger partial charge < -0.3 is 9.32 Å². The number of nitrogens with zero attached hydrogens (tertiary/aromatic N) is 1. The Hall–Kier alpha value is -5.60. The summed E-state index contributed by atoms with van der Waals surface area (Å²) >= 11 is 0. The van der Waals surface area contributed by atoms with Crippen molar-refractivity contribution in [3.05, 3.63) is 152 Å². The van der Waals surface area contributed by atoms with Crippen LogP contribution >= 0.6 is 0 Å². The van der Waals surface area contributed by atoms with Gasteiger partial charge in [0.1, 0.15) is 11.2 Å². The van der Waals surface area contributed by atoms with Crippen molar-refractivity contribution in [2.24, 2.45) is 0 Å². The lowest BCUT2D eigenvalue weighted by Crippen LogP contribution is -2.11. The third-order valence-electron chi connectivity index (χ3n) is 8.60. The van der Waals surface area contributed by atoms with Gasteiger partial charge in [-0.1, -0.05) is 115 Å². The highest BCUT2D eigenvalue weighted by Crippen LogP contribution is 2.46. The van der Waals surface area contributed by atoms with Crippen LogP contribution in [0.5, 0.6) is 0 Å². The lowest BCUT2D eigenvalue weighted by atomic mass is 9.99. The first-order chi connectivity index (χ1) is 20.8. The maximum absolute atomic E-state index is 6.61. The van der Waals surface area contributed by atoms with E-state index in [1.807, 2.05) is 6.07 Å². The van der Waals surface area contributed by atoms with Crippen molar-refractivity contribution in [2.75, 3.05) is 4.90 Å². The highest BCUT2D eigenvalue weighted by atomic mass is 16.3. The van der Waals surface area contributed by atoms with Crippen molar-refractivity contribution >= 4 is 82.1 Å². The highest BCUT2D eigenvalue weighted by molar-refractivity contribution is 6.20. The van der Waals surface area contributed by atoms with Gasteiger partial charge in [0.15, 0.2) is 0 Å². The fraction of sp³-hybridized carbons (Fsp3) is 0. The Morgan fingerprint density at radius 2 is 0.976 bits per heavy atom. The highest BCUT2D eigenvalue weighted by Gasteiger charge is 2.21. The lowest BCUT2D eigenvalue weighted by molar-refractivity contribution is 0.672. The van der Waals surface area contributed by atoms with E-state index >= 15 is 0 Å². The van der Waals surface area contributed by atoms with E-state index in [1.165, 1.54) is 32.3 Å². The zero-order chi connectivity index (χ0) is 27.6. The first-order valence-corrected chi connectivity index (χ1v) is 14.4. The second-order valence-electron chi connectivity index (χ2n) is 10.9. The molecule has 0 bridgehead atoms. The SMILES string of the molecule is c1ccc2c(N(c3ccc4c(ccc5ccccc54)c3)c3cccc4ccc5c6ccccc6oc5c34)cccc2c1. The van der Waals surface area contributed by atoms with E-state index in [4.69, 9.17) is 4.42 Å². The van der Waals surface area contributed by atoms with E-state index in [0.29, 0.717) is 0 Å². The Balaban J connectivity index is 1.39. The molecule has 0 amide bonds. The molecule has 42 heavy (non-hydrogen) atoms. The van der Waals surface area contributed by atoms with E-state index < -0.39 is 0 Å². The lowest BCUT2D eigenvalue weighted by Gasteiger charge is -2.28. The molecular formula is C40H25NO. The van der Waals surface area contributed by atoms with Gasteiger partial charge in [-0.2, -0.15) is 0 Å². The van der Waals surface area contributed by atoms with Crippen LogP contribution in [-0.2, 0) is 0 Å². The van der Waals surface area contributed by atoms with Crippen LogP contribution in [0.4, 0.5) is 17.1 Å². The van der Waals surface area contributed by atoms with Crippen LogP contribution in [0.2, 0.25) is 0 Å². The summed E-state index contributed by atoms with van der Waals surface area (Å²) in [7, 11) is 0. The molecule has 1 aromatic heterocycles. The van der Waals surface area contributed by atoms with E-state index in [9.17, 15) is 0 Å². The number of benzene rings is 8. The number of para-hydroxylation sites is 1. The molecule has 0 N–H and O–H groups in total. The summed E-state index contributed by atoms with van der Waals surface area (Å²) in [5.74, 6) is 0. The third kappa shape index (κ3) is 3.39. The number of fused-ring (bicyclic) bond motifs is 9. The third-order valence-corrected chi connectivity index (χ3v) is 8.60. The van der Waals surface area contributed by atoms with Crippen molar-refractivity contribution in [3.63, 3.8) is 0 Å². The normalized spacial score (nSPS) is 11.8. The molecule has 1 heterocycles. The molecule has 2 nitrogen and oxygen atoms in total. The summed E-state index contributed by atoms with van der Waals surface area (Å²) < 4.78 is 6.61. The Labute approximate surface area is 242 Å². The van der Waals surface area contributed by atoms with E-state index in [2.05, 4.69) is 150 Å². The van der Waals surface area contributed by atoms with Gasteiger partial charge in [0.25, 0.3) is 0 Å². The fourth-order valence-electron chi connectivity index (χ4n) is 6.67. The summed E-state index contributed by atoms with van der Waals surface area (Å²) in [6, 6.07) is 54.4. The van der Waals surface area contributed by atoms with Gasteiger partial charge in [-0.15, -0.1) is 0 Å². The second-order valence-corrected chi connectivity index (χ2v) is 10.9. The smallest absolute Gasteiger partial charge is 0.145 e. The Morgan fingerprint density at radius 3 is 1.86 bits per heavy atom. The molecule has 0 radical (unpaired) electrons. The molecule has 9 rings (SSSR count). The largest absolute Gasteiger partial charge is 0.455 e. The van der Waals surface area contributed by atoms with Crippen molar-refractivity contribution < 1.29 is 4.42 Å². The van der Waals surface area contributed by atoms with Gasteiger partial charge in [0, 0.05) is 27.2 Å². The zero-order valence-corrected chi connectivity index (χ0v) is 22.8. The summed E-state index contributed by atoms with van der Waals surface area (Å²) in [6.07, 6.45) is 0. The predicted molar refractivity (Wildman–Crippen MR) is 178 cm³/mol. The van der Waals surface area contributed by atoms with E-state index in [-0.39, 0.29) is 0 Å². The summed E-state index contributed by atoms with van der Waals surface area (Å²) in [5.41, 5.74) is 5.16. The number of hydrogen-bond acceptors (Lipinski definition) is 2.